The van der Waals surface area contributed by atoms with Gasteiger partial charge in [0, 0.05) is 19.0 Å². The standard InChI is InChI=1S/C17H24ClN3/c1-6-21-16(17(18)13(4)20-21)10-15(19-5)14-8-11(2)7-12(3)9-14/h7-9,15,19H,6,10H2,1-5H3. The Kier molecular flexibility index (Phi) is 5.07. The van der Waals surface area contributed by atoms with E-state index in [9.17, 15) is 0 Å². The molecule has 114 valence electrons. The van der Waals surface area contributed by atoms with Crippen LogP contribution < -0.4 is 5.32 Å². The van der Waals surface area contributed by atoms with Crippen LogP contribution in [-0.4, -0.2) is 16.8 Å². The average Bonchev–Trinajstić information content (AvgIpc) is 2.70. The second-order valence-electron chi connectivity index (χ2n) is 5.63. The van der Waals surface area contributed by atoms with Crippen molar-refractivity contribution in [1.82, 2.24) is 15.1 Å². The van der Waals surface area contributed by atoms with Gasteiger partial charge in [-0.2, -0.15) is 5.10 Å². The van der Waals surface area contributed by atoms with Crippen LogP contribution in [0.5, 0.6) is 0 Å². The van der Waals surface area contributed by atoms with E-state index < -0.39 is 0 Å². The van der Waals surface area contributed by atoms with Crippen LogP contribution >= 0.6 is 11.6 Å². The number of benzene rings is 1. The number of aryl methyl sites for hydroxylation is 4. The lowest BCUT2D eigenvalue weighted by molar-refractivity contribution is 0.540. The number of likely N-dealkylation sites (N-methyl/N-ethyl adjacent to an activating group) is 1. The minimum Gasteiger partial charge on any atom is -0.313 e. The number of hydrogen-bond donors (Lipinski definition) is 1. The van der Waals surface area contributed by atoms with Gasteiger partial charge in [-0.15, -0.1) is 0 Å². The number of nitrogens with one attached hydrogen (secondary N) is 1. The molecule has 2 aromatic rings. The van der Waals surface area contributed by atoms with Crippen molar-refractivity contribution < 1.29 is 0 Å². The molecule has 3 nitrogen and oxygen atoms in total. The van der Waals surface area contributed by atoms with Crippen molar-refractivity contribution in [3.05, 3.63) is 51.3 Å². The Balaban J connectivity index is 2.35. The quantitative estimate of drug-likeness (QED) is 0.905. The summed E-state index contributed by atoms with van der Waals surface area (Å²) in [6.07, 6.45) is 0.840. The van der Waals surface area contributed by atoms with Gasteiger partial charge < -0.3 is 5.32 Å². The third kappa shape index (κ3) is 3.47. The number of aromatic nitrogens is 2. The van der Waals surface area contributed by atoms with Gasteiger partial charge in [0.2, 0.25) is 0 Å². The van der Waals surface area contributed by atoms with Crippen molar-refractivity contribution in [1.29, 1.82) is 0 Å². The first-order chi connectivity index (χ1) is 9.96. The van der Waals surface area contributed by atoms with Crippen LogP contribution in [0.1, 0.15) is 41.0 Å². The second-order valence-corrected chi connectivity index (χ2v) is 6.01. The lowest BCUT2D eigenvalue weighted by atomic mass is 9.98. The molecule has 1 aromatic carbocycles. The highest BCUT2D eigenvalue weighted by Crippen LogP contribution is 2.27. The zero-order valence-corrected chi connectivity index (χ0v) is 14.3. The zero-order chi connectivity index (χ0) is 15.6. The summed E-state index contributed by atoms with van der Waals surface area (Å²) in [7, 11) is 2.00. The zero-order valence-electron chi connectivity index (χ0n) is 13.5. The summed E-state index contributed by atoms with van der Waals surface area (Å²) >= 11 is 6.43. The number of rotatable bonds is 5. The molecule has 0 spiro atoms. The summed E-state index contributed by atoms with van der Waals surface area (Å²) in [5, 5.41) is 8.70. The predicted molar refractivity (Wildman–Crippen MR) is 89.1 cm³/mol. The van der Waals surface area contributed by atoms with E-state index in [0.717, 1.165) is 29.4 Å². The SMILES string of the molecule is CCn1nc(C)c(Cl)c1CC(NC)c1cc(C)cc(C)c1. The summed E-state index contributed by atoms with van der Waals surface area (Å²) in [6.45, 7) is 9.17. The number of halogens is 1. The van der Waals surface area contributed by atoms with Crippen molar-refractivity contribution in [2.45, 2.75) is 46.7 Å². The van der Waals surface area contributed by atoms with Crippen LogP contribution in [0.15, 0.2) is 18.2 Å². The van der Waals surface area contributed by atoms with E-state index in [1.165, 1.54) is 16.7 Å². The van der Waals surface area contributed by atoms with Crippen LogP contribution in [0.4, 0.5) is 0 Å². The van der Waals surface area contributed by atoms with Gasteiger partial charge in [-0.25, -0.2) is 0 Å². The fourth-order valence-corrected chi connectivity index (χ4v) is 3.07. The summed E-state index contributed by atoms with van der Waals surface area (Å²) in [5.41, 5.74) is 5.89. The first-order valence-electron chi connectivity index (χ1n) is 7.43. The molecule has 1 atom stereocenters. The van der Waals surface area contributed by atoms with Crippen LogP contribution in [0.3, 0.4) is 0 Å². The summed E-state index contributed by atoms with van der Waals surface area (Å²) in [5.74, 6) is 0. The Morgan fingerprint density at radius 1 is 1.19 bits per heavy atom. The van der Waals surface area contributed by atoms with Gasteiger partial charge in [0.05, 0.1) is 16.4 Å². The molecule has 1 aromatic heterocycles. The molecule has 0 amide bonds. The highest BCUT2D eigenvalue weighted by molar-refractivity contribution is 6.31. The van der Waals surface area contributed by atoms with Crippen molar-refractivity contribution in [2.24, 2.45) is 0 Å². The summed E-state index contributed by atoms with van der Waals surface area (Å²) in [4.78, 5) is 0. The van der Waals surface area contributed by atoms with Gasteiger partial charge in [0.25, 0.3) is 0 Å². The van der Waals surface area contributed by atoms with E-state index in [2.05, 4.69) is 49.4 Å². The molecule has 0 fully saturated rings. The van der Waals surface area contributed by atoms with E-state index >= 15 is 0 Å². The van der Waals surface area contributed by atoms with Crippen LogP contribution in [0, 0.1) is 20.8 Å². The molecule has 1 heterocycles. The van der Waals surface area contributed by atoms with Gasteiger partial charge in [-0.3, -0.25) is 4.68 Å². The first-order valence-corrected chi connectivity index (χ1v) is 7.81. The molecular formula is C17H24ClN3. The Labute approximate surface area is 132 Å². The Hall–Kier alpha value is -1.32. The minimum atomic E-state index is 0.238. The van der Waals surface area contributed by atoms with Gasteiger partial charge in [0.15, 0.2) is 0 Å². The smallest absolute Gasteiger partial charge is 0.0847 e. The van der Waals surface area contributed by atoms with Crippen LogP contribution in [0.25, 0.3) is 0 Å². The Bertz CT molecular complexity index is 611. The molecule has 0 aliphatic rings. The van der Waals surface area contributed by atoms with Crippen LogP contribution in [-0.2, 0) is 13.0 Å². The first kappa shape index (κ1) is 16.1. The molecule has 1 unspecified atom stereocenters. The predicted octanol–water partition coefficient (Wildman–Crippen LogP) is 3.98. The maximum atomic E-state index is 6.43. The Morgan fingerprint density at radius 3 is 2.33 bits per heavy atom. The van der Waals surface area contributed by atoms with Crippen molar-refractivity contribution in [3.8, 4) is 0 Å². The van der Waals surface area contributed by atoms with Crippen molar-refractivity contribution in [3.63, 3.8) is 0 Å². The van der Waals surface area contributed by atoms with E-state index in [4.69, 9.17) is 11.6 Å². The monoisotopic (exact) mass is 305 g/mol. The topological polar surface area (TPSA) is 29.9 Å². The number of hydrogen-bond acceptors (Lipinski definition) is 2. The van der Waals surface area contributed by atoms with Crippen molar-refractivity contribution >= 4 is 11.6 Å². The molecule has 4 heteroatoms. The molecule has 0 radical (unpaired) electrons. The van der Waals surface area contributed by atoms with E-state index in [1.807, 2.05) is 18.7 Å². The van der Waals surface area contributed by atoms with Gasteiger partial charge in [-0.05, 0) is 40.3 Å². The van der Waals surface area contributed by atoms with Crippen molar-refractivity contribution in [2.75, 3.05) is 7.05 Å². The highest BCUT2D eigenvalue weighted by Gasteiger charge is 2.18. The molecule has 0 saturated carbocycles. The molecule has 21 heavy (non-hydrogen) atoms. The van der Waals surface area contributed by atoms with Gasteiger partial charge in [0.1, 0.15) is 0 Å². The molecule has 2 rings (SSSR count). The molecule has 0 aliphatic heterocycles. The largest absolute Gasteiger partial charge is 0.313 e. The van der Waals surface area contributed by atoms with E-state index in [0.29, 0.717) is 0 Å². The lowest BCUT2D eigenvalue weighted by Crippen LogP contribution is -2.21. The molecule has 1 N–H and O–H groups in total. The maximum absolute atomic E-state index is 6.43. The lowest BCUT2D eigenvalue weighted by Gasteiger charge is -2.19. The normalized spacial score (nSPS) is 12.7. The molecule has 0 bridgehead atoms. The second kappa shape index (κ2) is 6.63. The summed E-state index contributed by atoms with van der Waals surface area (Å²) in [6, 6.07) is 6.91. The molecule has 0 saturated heterocycles. The van der Waals surface area contributed by atoms with Crippen LogP contribution in [0.2, 0.25) is 5.02 Å². The van der Waals surface area contributed by atoms with E-state index in [1.54, 1.807) is 0 Å². The van der Waals surface area contributed by atoms with E-state index in [-0.39, 0.29) is 6.04 Å². The number of nitrogens with zero attached hydrogens (tertiary/aromatic N) is 2. The van der Waals surface area contributed by atoms with Gasteiger partial charge >= 0.3 is 0 Å². The highest BCUT2D eigenvalue weighted by atomic mass is 35.5. The molecule has 0 aliphatic carbocycles. The Morgan fingerprint density at radius 2 is 1.81 bits per heavy atom. The maximum Gasteiger partial charge on any atom is 0.0847 e. The fourth-order valence-electron chi connectivity index (χ4n) is 2.86. The average molecular weight is 306 g/mol. The fraction of sp³-hybridized carbons (Fsp3) is 0.471. The third-order valence-electron chi connectivity index (χ3n) is 3.85. The summed E-state index contributed by atoms with van der Waals surface area (Å²) < 4.78 is 2.00. The minimum absolute atomic E-state index is 0.238. The molecular weight excluding hydrogens is 282 g/mol. The van der Waals surface area contributed by atoms with Gasteiger partial charge in [-0.1, -0.05) is 40.9 Å². The third-order valence-corrected chi connectivity index (χ3v) is 4.34.